The molecule has 1 aromatic carbocycles. The van der Waals surface area contributed by atoms with Gasteiger partial charge >= 0.3 is 0 Å². The van der Waals surface area contributed by atoms with Crippen LogP contribution in [-0.4, -0.2) is 29.3 Å². The topological polar surface area (TPSA) is 62.6 Å². The molecule has 2 aromatic rings. The maximum Gasteiger partial charge on any atom is 0.291 e. The fourth-order valence-electron chi connectivity index (χ4n) is 3.12. The van der Waals surface area contributed by atoms with E-state index in [2.05, 4.69) is 26.1 Å². The van der Waals surface area contributed by atoms with E-state index >= 15 is 0 Å². The second-order valence-corrected chi connectivity index (χ2v) is 6.86. The van der Waals surface area contributed by atoms with Gasteiger partial charge in [-0.05, 0) is 50.1 Å². The smallest absolute Gasteiger partial charge is 0.291 e. The lowest BCUT2D eigenvalue weighted by Gasteiger charge is -2.29. The number of nitrogens with zero attached hydrogens (tertiary/aromatic N) is 1. The Kier molecular flexibility index (Phi) is 8.11. The third kappa shape index (κ3) is 5.98. The summed E-state index contributed by atoms with van der Waals surface area (Å²) in [6, 6.07) is 10.6. The van der Waals surface area contributed by atoms with Crippen molar-refractivity contribution in [3.63, 3.8) is 0 Å². The minimum Gasteiger partial charge on any atom is -0.459 e. The van der Waals surface area contributed by atoms with Crippen molar-refractivity contribution in [1.29, 1.82) is 0 Å². The summed E-state index contributed by atoms with van der Waals surface area (Å²) in [4.78, 5) is 27.2. The number of carbonyl (C=O) groups excluding carboxylic acids is 2. The summed E-state index contributed by atoms with van der Waals surface area (Å²) in [5.74, 6) is -0.0746. The van der Waals surface area contributed by atoms with Gasteiger partial charge in [-0.25, -0.2) is 0 Å². The third-order valence-corrected chi connectivity index (χ3v) is 4.61. The summed E-state index contributed by atoms with van der Waals surface area (Å²) in [6.45, 7) is 7.16. The number of hydrogen-bond donors (Lipinski definition) is 1. The van der Waals surface area contributed by atoms with Crippen molar-refractivity contribution < 1.29 is 14.0 Å². The number of benzene rings is 1. The summed E-state index contributed by atoms with van der Waals surface area (Å²) in [7, 11) is 0. The molecule has 0 saturated carbocycles. The lowest BCUT2D eigenvalue weighted by Crippen LogP contribution is -2.39. The molecule has 0 aliphatic rings. The number of carbonyl (C=O) groups is 2. The lowest BCUT2D eigenvalue weighted by atomic mass is 10.1. The number of unbranched alkanes of at least 4 members (excludes halogenated alkanes) is 2. The molecule has 0 spiro atoms. The largest absolute Gasteiger partial charge is 0.459 e. The van der Waals surface area contributed by atoms with Crippen LogP contribution in [0, 0.1) is 0 Å². The van der Waals surface area contributed by atoms with Gasteiger partial charge in [-0.15, -0.1) is 0 Å². The monoisotopic (exact) mass is 370 g/mol. The van der Waals surface area contributed by atoms with Crippen LogP contribution in [0.15, 0.2) is 47.1 Å². The molecular formula is C22H30N2O3. The zero-order chi connectivity index (χ0) is 19.6. The highest BCUT2D eigenvalue weighted by Crippen LogP contribution is 2.18. The zero-order valence-corrected chi connectivity index (χ0v) is 16.5. The number of nitrogens with one attached hydrogen (secondary N) is 1. The van der Waals surface area contributed by atoms with Crippen molar-refractivity contribution in [2.75, 3.05) is 11.9 Å². The van der Waals surface area contributed by atoms with Crippen LogP contribution in [0.5, 0.6) is 0 Å². The second-order valence-electron chi connectivity index (χ2n) is 6.86. The molecule has 2 amide bonds. The third-order valence-electron chi connectivity index (χ3n) is 4.61. The van der Waals surface area contributed by atoms with E-state index in [1.165, 1.54) is 6.26 Å². The van der Waals surface area contributed by atoms with Gasteiger partial charge in [0.25, 0.3) is 11.8 Å². The van der Waals surface area contributed by atoms with Crippen LogP contribution in [0.3, 0.4) is 0 Å². The molecule has 0 aliphatic carbocycles. The molecule has 0 aliphatic heterocycles. The molecule has 1 atom stereocenters. The Labute approximate surface area is 161 Å². The van der Waals surface area contributed by atoms with Crippen LogP contribution in [-0.2, 0) is 0 Å². The fourth-order valence-corrected chi connectivity index (χ4v) is 3.12. The van der Waals surface area contributed by atoms with Gasteiger partial charge < -0.3 is 14.6 Å². The highest BCUT2D eigenvalue weighted by atomic mass is 16.3. The molecule has 1 unspecified atom stereocenters. The Bertz CT molecular complexity index is 725. The number of anilines is 1. The Balaban J connectivity index is 2.13. The van der Waals surface area contributed by atoms with Gasteiger partial charge in [-0.3, -0.25) is 9.59 Å². The van der Waals surface area contributed by atoms with Gasteiger partial charge in [0.15, 0.2) is 5.76 Å². The van der Waals surface area contributed by atoms with E-state index in [1.54, 1.807) is 36.4 Å². The van der Waals surface area contributed by atoms with Crippen LogP contribution < -0.4 is 5.32 Å². The minimum absolute atomic E-state index is 0.0150. The Hall–Kier alpha value is -2.56. The van der Waals surface area contributed by atoms with Crippen LogP contribution in [0.1, 0.15) is 73.8 Å². The average Bonchev–Trinajstić information content (AvgIpc) is 3.20. The Morgan fingerprint density at radius 2 is 1.93 bits per heavy atom. The summed E-state index contributed by atoms with van der Waals surface area (Å²) in [5, 5.41) is 2.78. The van der Waals surface area contributed by atoms with Gasteiger partial charge in [0, 0.05) is 23.8 Å². The summed E-state index contributed by atoms with van der Waals surface area (Å²) < 4.78 is 5.11. The number of amides is 2. The Morgan fingerprint density at radius 3 is 2.59 bits per heavy atom. The van der Waals surface area contributed by atoms with Gasteiger partial charge in [0.1, 0.15) is 0 Å². The minimum atomic E-state index is -0.330. The molecule has 2 rings (SSSR count). The van der Waals surface area contributed by atoms with E-state index in [1.807, 2.05) is 4.90 Å². The maximum atomic E-state index is 13.1. The SMILES string of the molecule is CCCCCN(C(=O)c1cccc(NC(=O)c2ccco2)c1)C(C)CCC. The molecular weight excluding hydrogens is 340 g/mol. The van der Waals surface area contributed by atoms with Crippen molar-refractivity contribution in [3.05, 3.63) is 54.0 Å². The first-order chi connectivity index (χ1) is 13.1. The number of hydrogen-bond acceptors (Lipinski definition) is 3. The predicted octanol–water partition coefficient (Wildman–Crippen LogP) is 5.35. The van der Waals surface area contributed by atoms with Crippen LogP contribution in [0.25, 0.3) is 0 Å². The molecule has 0 saturated heterocycles. The zero-order valence-electron chi connectivity index (χ0n) is 16.5. The predicted molar refractivity (Wildman–Crippen MR) is 108 cm³/mol. The molecule has 1 aromatic heterocycles. The van der Waals surface area contributed by atoms with Crippen LogP contribution >= 0.6 is 0 Å². The molecule has 27 heavy (non-hydrogen) atoms. The van der Waals surface area contributed by atoms with E-state index in [-0.39, 0.29) is 23.6 Å². The fraction of sp³-hybridized carbons (Fsp3) is 0.455. The molecule has 0 bridgehead atoms. The van der Waals surface area contributed by atoms with Gasteiger partial charge in [-0.1, -0.05) is 39.2 Å². The molecule has 1 N–H and O–H groups in total. The van der Waals surface area contributed by atoms with E-state index in [0.29, 0.717) is 11.3 Å². The van der Waals surface area contributed by atoms with Crippen molar-refractivity contribution in [1.82, 2.24) is 4.90 Å². The Morgan fingerprint density at radius 1 is 1.11 bits per heavy atom. The van der Waals surface area contributed by atoms with E-state index in [4.69, 9.17) is 4.42 Å². The first-order valence-corrected chi connectivity index (χ1v) is 9.82. The van der Waals surface area contributed by atoms with E-state index < -0.39 is 0 Å². The molecule has 1 heterocycles. The molecule has 5 nitrogen and oxygen atoms in total. The van der Waals surface area contributed by atoms with Crippen molar-refractivity contribution in [2.24, 2.45) is 0 Å². The molecule has 0 radical (unpaired) electrons. The first-order valence-electron chi connectivity index (χ1n) is 9.82. The highest BCUT2D eigenvalue weighted by molar-refractivity contribution is 6.03. The van der Waals surface area contributed by atoms with Gasteiger partial charge in [0.2, 0.25) is 0 Å². The maximum absolute atomic E-state index is 13.1. The van der Waals surface area contributed by atoms with Gasteiger partial charge in [-0.2, -0.15) is 0 Å². The number of rotatable bonds is 10. The molecule has 146 valence electrons. The molecule has 5 heteroatoms. The quantitative estimate of drug-likeness (QED) is 0.573. The van der Waals surface area contributed by atoms with Crippen molar-refractivity contribution in [2.45, 2.75) is 58.9 Å². The van der Waals surface area contributed by atoms with Crippen molar-refractivity contribution in [3.8, 4) is 0 Å². The summed E-state index contributed by atoms with van der Waals surface area (Å²) in [5.41, 5.74) is 1.17. The van der Waals surface area contributed by atoms with Gasteiger partial charge in [0.05, 0.1) is 6.26 Å². The second kappa shape index (κ2) is 10.6. The molecule has 0 fully saturated rings. The van der Waals surface area contributed by atoms with Crippen LogP contribution in [0.4, 0.5) is 5.69 Å². The standard InChI is InChI=1S/C22H30N2O3/c1-4-6-7-14-24(17(3)10-5-2)22(26)18-11-8-12-19(16-18)23-21(25)20-13-9-15-27-20/h8-9,11-13,15-17H,4-7,10,14H2,1-3H3,(H,23,25). The highest BCUT2D eigenvalue weighted by Gasteiger charge is 2.21. The first kappa shape index (κ1) is 20.7. The summed E-state index contributed by atoms with van der Waals surface area (Å²) in [6.07, 6.45) is 6.72. The normalized spacial score (nSPS) is 11.8. The number of furan rings is 1. The average molecular weight is 370 g/mol. The summed E-state index contributed by atoms with van der Waals surface area (Å²) >= 11 is 0. The van der Waals surface area contributed by atoms with E-state index in [0.717, 1.165) is 38.6 Å². The lowest BCUT2D eigenvalue weighted by molar-refractivity contribution is 0.0679. The van der Waals surface area contributed by atoms with Crippen molar-refractivity contribution >= 4 is 17.5 Å². The van der Waals surface area contributed by atoms with E-state index in [9.17, 15) is 9.59 Å². The van der Waals surface area contributed by atoms with Crippen LogP contribution in [0.2, 0.25) is 0 Å².